The van der Waals surface area contributed by atoms with Gasteiger partial charge in [0.1, 0.15) is 0 Å². The lowest BCUT2D eigenvalue weighted by atomic mass is 10.6. The highest BCUT2D eigenvalue weighted by Gasteiger charge is 2.10. The molecule has 0 unspecified atom stereocenters. The average molecular weight is 252 g/mol. The highest BCUT2D eigenvalue weighted by atomic mass is 35.5. The Morgan fingerprint density at radius 2 is 2.33 bits per heavy atom. The number of rotatable bonds is 6. The molecule has 0 aliphatic carbocycles. The molecule has 0 saturated heterocycles. The van der Waals surface area contributed by atoms with E-state index in [-0.39, 0.29) is 28.6 Å². The van der Waals surface area contributed by atoms with E-state index in [1.165, 1.54) is 0 Å². The molecule has 1 aromatic rings. The normalized spacial score (nSPS) is 10.3. The minimum absolute atomic E-state index is 0.0278. The molecular formula is C7H10ClN3O3S. The quantitative estimate of drug-likeness (QED) is 0.692. The smallest absolute Gasteiger partial charge is 0.282 e. The third-order valence-corrected chi connectivity index (χ3v) is 2.38. The monoisotopic (exact) mass is 251 g/mol. The molecule has 0 fully saturated rings. The van der Waals surface area contributed by atoms with E-state index in [0.717, 1.165) is 11.3 Å². The van der Waals surface area contributed by atoms with E-state index in [9.17, 15) is 4.79 Å². The Balaban J connectivity index is 2.19. The van der Waals surface area contributed by atoms with Crippen LogP contribution in [0.3, 0.4) is 0 Å². The molecule has 6 nitrogen and oxygen atoms in total. The largest absolute Gasteiger partial charge is 0.394 e. The van der Waals surface area contributed by atoms with Gasteiger partial charge >= 0.3 is 0 Å². The van der Waals surface area contributed by atoms with Gasteiger partial charge in [0.15, 0.2) is 0 Å². The van der Waals surface area contributed by atoms with Gasteiger partial charge in [0.2, 0.25) is 9.47 Å². The Hall–Kier alpha value is -0.760. The van der Waals surface area contributed by atoms with Crippen LogP contribution in [-0.2, 0) is 4.74 Å². The van der Waals surface area contributed by atoms with Crippen molar-refractivity contribution < 1.29 is 14.6 Å². The van der Waals surface area contributed by atoms with E-state index in [1.54, 1.807) is 0 Å². The van der Waals surface area contributed by atoms with Crippen molar-refractivity contribution in [1.82, 2.24) is 15.5 Å². The molecule has 0 radical (unpaired) electrons. The number of ether oxygens (including phenoxy) is 1. The summed E-state index contributed by atoms with van der Waals surface area (Å²) in [5.74, 6) is -0.327. The molecule has 0 aromatic carbocycles. The summed E-state index contributed by atoms with van der Waals surface area (Å²) in [5, 5.41) is 18.3. The molecule has 0 bridgehead atoms. The van der Waals surface area contributed by atoms with Gasteiger partial charge < -0.3 is 15.2 Å². The molecule has 0 atom stereocenters. The Morgan fingerprint density at radius 1 is 1.53 bits per heavy atom. The first kappa shape index (κ1) is 12.3. The number of aliphatic hydroxyl groups excluding tert-OH is 1. The topological polar surface area (TPSA) is 84.3 Å². The van der Waals surface area contributed by atoms with Gasteiger partial charge in [-0.05, 0) is 11.6 Å². The lowest BCUT2D eigenvalue weighted by Crippen LogP contribution is -2.27. The number of hydrogen-bond acceptors (Lipinski definition) is 6. The second-order valence-corrected chi connectivity index (χ2v) is 4.01. The van der Waals surface area contributed by atoms with Gasteiger partial charge in [-0.15, -0.1) is 10.2 Å². The second kappa shape index (κ2) is 6.67. The number of nitrogens with zero attached hydrogens (tertiary/aromatic N) is 2. The molecule has 1 aromatic heterocycles. The highest BCUT2D eigenvalue weighted by molar-refractivity contribution is 7.17. The maximum atomic E-state index is 11.3. The number of halogens is 1. The molecule has 0 spiro atoms. The van der Waals surface area contributed by atoms with Gasteiger partial charge in [-0.3, -0.25) is 4.79 Å². The van der Waals surface area contributed by atoms with Crippen LogP contribution in [0.2, 0.25) is 4.47 Å². The van der Waals surface area contributed by atoms with Crippen molar-refractivity contribution in [2.24, 2.45) is 0 Å². The Bertz CT molecular complexity index is 320. The van der Waals surface area contributed by atoms with E-state index in [2.05, 4.69) is 15.5 Å². The molecular weight excluding hydrogens is 242 g/mol. The minimum atomic E-state index is -0.327. The lowest BCUT2D eigenvalue weighted by molar-refractivity contribution is 0.0837. The fraction of sp³-hybridized carbons (Fsp3) is 0.571. The van der Waals surface area contributed by atoms with Gasteiger partial charge in [-0.25, -0.2) is 0 Å². The molecule has 0 saturated carbocycles. The van der Waals surface area contributed by atoms with Crippen molar-refractivity contribution in [3.05, 3.63) is 9.47 Å². The van der Waals surface area contributed by atoms with E-state index < -0.39 is 0 Å². The molecule has 1 amide bonds. The number of amides is 1. The first-order valence-electron chi connectivity index (χ1n) is 4.20. The first-order valence-corrected chi connectivity index (χ1v) is 5.39. The number of carbonyl (C=O) groups excluding carboxylic acids is 1. The van der Waals surface area contributed by atoms with Gasteiger partial charge in [-0.2, -0.15) is 0 Å². The zero-order chi connectivity index (χ0) is 11.1. The van der Waals surface area contributed by atoms with E-state index in [4.69, 9.17) is 21.4 Å². The Morgan fingerprint density at radius 3 is 2.93 bits per heavy atom. The van der Waals surface area contributed by atoms with Gasteiger partial charge in [0, 0.05) is 6.54 Å². The molecule has 1 heterocycles. The first-order chi connectivity index (χ1) is 7.24. The number of hydrogen-bond donors (Lipinski definition) is 2. The predicted molar refractivity (Wildman–Crippen MR) is 55.2 cm³/mol. The van der Waals surface area contributed by atoms with Crippen molar-refractivity contribution in [2.75, 3.05) is 26.4 Å². The average Bonchev–Trinajstić information content (AvgIpc) is 2.64. The maximum absolute atomic E-state index is 11.3. The van der Waals surface area contributed by atoms with Crippen molar-refractivity contribution in [1.29, 1.82) is 0 Å². The van der Waals surface area contributed by atoms with Crippen LogP contribution >= 0.6 is 22.9 Å². The summed E-state index contributed by atoms with van der Waals surface area (Å²) in [5.41, 5.74) is 0. The number of aromatic nitrogens is 2. The molecule has 8 heteroatoms. The van der Waals surface area contributed by atoms with Crippen molar-refractivity contribution in [2.45, 2.75) is 0 Å². The molecule has 0 aliphatic heterocycles. The summed E-state index contributed by atoms with van der Waals surface area (Å²) in [6.45, 7) is 0.940. The standard InChI is InChI=1S/C7H10ClN3O3S/c8-7-11-10-6(15-7)5(13)9-1-3-14-4-2-12/h12H,1-4H2,(H,9,13). The molecule has 15 heavy (non-hydrogen) atoms. The summed E-state index contributed by atoms with van der Waals surface area (Å²) in [4.78, 5) is 11.3. The third kappa shape index (κ3) is 4.52. The van der Waals surface area contributed by atoms with Gasteiger partial charge in [-0.1, -0.05) is 11.3 Å². The van der Waals surface area contributed by atoms with Gasteiger partial charge in [0.25, 0.3) is 5.91 Å². The van der Waals surface area contributed by atoms with E-state index >= 15 is 0 Å². The van der Waals surface area contributed by atoms with Crippen LogP contribution in [0.15, 0.2) is 0 Å². The van der Waals surface area contributed by atoms with Crippen LogP contribution in [-0.4, -0.2) is 47.6 Å². The fourth-order valence-electron chi connectivity index (χ4n) is 0.776. The van der Waals surface area contributed by atoms with Crippen LogP contribution in [0.5, 0.6) is 0 Å². The fourth-order valence-corrected chi connectivity index (χ4v) is 1.52. The Labute approximate surface area is 95.2 Å². The van der Waals surface area contributed by atoms with Crippen LogP contribution in [0.25, 0.3) is 0 Å². The molecule has 2 N–H and O–H groups in total. The van der Waals surface area contributed by atoms with Crippen LogP contribution in [0.4, 0.5) is 0 Å². The molecule has 0 aliphatic rings. The Kier molecular flexibility index (Phi) is 5.48. The molecule has 84 valence electrons. The summed E-state index contributed by atoms with van der Waals surface area (Å²) in [6, 6.07) is 0. The van der Waals surface area contributed by atoms with E-state index in [0.29, 0.717) is 13.2 Å². The summed E-state index contributed by atoms with van der Waals surface area (Å²) >= 11 is 6.53. The highest BCUT2D eigenvalue weighted by Crippen LogP contribution is 2.14. The number of nitrogens with one attached hydrogen (secondary N) is 1. The molecule has 1 rings (SSSR count). The van der Waals surface area contributed by atoms with Crippen LogP contribution in [0, 0.1) is 0 Å². The van der Waals surface area contributed by atoms with Crippen LogP contribution in [0.1, 0.15) is 9.80 Å². The summed E-state index contributed by atoms with van der Waals surface area (Å²) in [7, 11) is 0. The van der Waals surface area contributed by atoms with Crippen molar-refractivity contribution in [3.8, 4) is 0 Å². The summed E-state index contributed by atoms with van der Waals surface area (Å²) in [6.07, 6.45) is 0. The predicted octanol–water partition coefficient (Wildman–Crippen LogP) is -0.0698. The minimum Gasteiger partial charge on any atom is -0.394 e. The van der Waals surface area contributed by atoms with Gasteiger partial charge in [0.05, 0.1) is 19.8 Å². The third-order valence-electron chi connectivity index (χ3n) is 1.36. The second-order valence-electron chi connectivity index (χ2n) is 2.45. The summed E-state index contributed by atoms with van der Waals surface area (Å²) < 4.78 is 5.18. The number of aliphatic hydroxyl groups is 1. The number of carbonyl (C=O) groups is 1. The lowest BCUT2D eigenvalue weighted by Gasteiger charge is -2.02. The zero-order valence-electron chi connectivity index (χ0n) is 7.77. The van der Waals surface area contributed by atoms with E-state index in [1.807, 2.05) is 0 Å². The zero-order valence-corrected chi connectivity index (χ0v) is 9.35. The van der Waals surface area contributed by atoms with Crippen molar-refractivity contribution >= 4 is 28.8 Å². The van der Waals surface area contributed by atoms with Crippen molar-refractivity contribution in [3.63, 3.8) is 0 Å². The SMILES string of the molecule is O=C(NCCOCCO)c1nnc(Cl)s1. The maximum Gasteiger partial charge on any atom is 0.282 e. The van der Waals surface area contributed by atoms with Crippen LogP contribution < -0.4 is 5.32 Å².